The summed E-state index contributed by atoms with van der Waals surface area (Å²) in [6.07, 6.45) is 0. The number of aromatic nitrogens is 2. The van der Waals surface area contributed by atoms with Gasteiger partial charge in [0, 0.05) is 20.1 Å². The molecule has 0 saturated heterocycles. The lowest BCUT2D eigenvalue weighted by Crippen LogP contribution is -2.04. The van der Waals surface area contributed by atoms with Crippen LogP contribution in [0, 0.1) is 6.92 Å². The van der Waals surface area contributed by atoms with E-state index in [1.165, 1.54) is 11.1 Å². The Morgan fingerprint density at radius 1 is 0.778 bits per heavy atom. The fourth-order valence-electron chi connectivity index (χ4n) is 3.07. The van der Waals surface area contributed by atoms with Crippen molar-refractivity contribution < 1.29 is 0 Å². The van der Waals surface area contributed by atoms with Gasteiger partial charge in [0.25, 0.3) is 0 Å². The normalized spacial score (nSPS) is 10.9. The van der Waals surface area contributed by atoms with Crippen molar-refractivity contribution in [3.05, 3.63) is 98.9 Å². The van der Waals surface area contributed by atoms with Crippen LogP contribution in [0.25, 0.3) is 22.5 Å². The molecule has 0 N–H and O–H groups in total. The third kappa shape index (κ3) is 4.23. The lowest BCUT2D eigenvalue weighted by Gasteiger charge is -2.08. The smallest absolute Gasteiger partial charge is 0.0930 e. The average molecular weight is 482 g/mol. The van der Waals surface area contributed by atoms with E-state index in [1.54, 1.807) is 0 Å². The van der Waals surface area contributed by atoms with E-state index >= 15 is 0 Å². The van der Waals surface area contributed by atoms with E-state index in [1.807, 2.05) is 18.2 Å². The highest BCUT2D eigenvalue weighted by Gasteiger charge is 2.13. The Kier molecular flexibility index (Phi) is 5.28. The molecule has 4 rings (SSSR count). The predicted molar refractivity (Wildman–Crippen MR) is 119 cm³/mol. The molecule has 0 spiro atoms. The van der Waals surface area contributed by atoms with Gasteiger partial charge in [-0.05, 0) is 42.8 Å². The standard InChI is InChI=1S/C23H18Br2N2/c1-16-8-10-17(11-9-16)15-27-23(19-5-3-7-21(25)13-19)14-22(26-27)18-4-2-6-20(24)12-18/h2-14H,15H2,1H3. The van der Waals surface area contributed by atoms with E-state index < -0.39 is 0 Å². The van der Waals surface area contributed by atoms with E-state index in [4.69, 9.17) is 5.10 Å². The van der Waals surface area contributed by atoms with Crippen LogP contribution in [0.2, 0.25) is 0 Å². The highest BCUT2D eigenvalue weighted by Crippen LogP contribution is 2.29. The Morgan fingerprint density at radius 3 is 2.07 bits per heavy atom. The summed E-state index contributed by atoms with van der Waals surface area (Å²) < 4.78 is 4.20. The molecular weight excluding hydrogens is 464 g/mol. The number of nitrogens with zero attached hydrogens (tertiary/aromatic N) is 2. The molecule has 3 aromatic carbocycles. The van der Waals surface area contributed by atoms with Crippen LogP contribution in [0.3, 0.4) is 0 Å². The molecule has 1 aromatic heterocycles. The van der Waals surface area contributed by atoms with E-state index in [0.717, 1.165) is 38.0 Å². The molecule has 0 saturated carbocycles. The molecule has 2 nitrogen and oxygen atoms in total. The molecule has 1 heterocycles. The maximum absolute atomic E-state index is 4.93. The molecule has 134 valence electrons. The van der Waals surface area contributed by atoms with Gasteiger partial charge in [-0.15, -0.1) is 0 Å². The summed E-state index contributed by atoms with van der Waals surface area (Å²) >= 11 is 7.14. The van der Waals surface area contributed by atoms with Crippen molar-refractivity contribution in [3.63, 3.8) is 0 Å². The third-order valence-electron chi connectivity index (χ3n) is 4.47. The van der Waals surface area contributed by atoms with Gasteiger partial charge >= 0.3 is 0 Å². The van der Waals surface area contributed by atoms with Crippen molar-refractivity contribution in [2.45, 2.75) is 13.5 Å². The summed E-state index contributed by atoms with van der Waals surface area (Å²) in [5.74, 6) is 0. The first-order chi connectivity index (χ1) is 13.1. The topological polar surface area (TPSA) is 17.8 Å². The number of hydrogen-bond donors (Lipinski definition) is 0. The number of rotatable bonds is 4. The maximum Gasteiger partial charge on any atom is 0.0930 e. The summed E-state index contributed by atoms with van der Waals surface area (Å²) in [6, 6.07) is 27.4. The monoisotopic (exact) mass is 480 g/mol. The second kappa shape index (κ2) is 7.83. The minimum absolute atomic E-state index is 0.732. The molecule has 0 fully saturated rings. The summed E-state index contributed by atoms with van der Waals surface area (Å²) in [5.41, 5.74) is 6.82. The van der Waals surface area contributed by atoms with Gasteiger partial charge in [0.15, 0.2) is 0 Å². The van der Waals surface area contributed by atoms with E-state index in [0.29, 0.717) is 0 Å². The fourth-order valence-corrected chi connectivity index (χ4v) is 3.87. The largest absolute Gasteiger partial charge is 0.260 e. The van der Waals surface area contributed by atoms with Crippen LogP contribution in [0.4, 0.5) is 0 Å². The molecule has 4 heteroatoms. The first-order valence-electron chi connectivity index (χ1n) is 8.74. The van der Waals surface area contributed by atoms with Crippen LogP contribution in [0.15, 0.2) is 87.8 Å². The highest BCUT2D eigenvalue weighted by molar-refractivity contribution is 9.10. The second-order valence-corrected chi connectivity index (χ2v) is 8.41. The summed E-state index contributed by atoms with van der Waals surface area (Å²) in [7, 11) is 0. The van der Waals surface area contributed by atoms with E-state index in [2.05, 4.69) is 104 Å². The molecule has 27 heavy (non-hydrogen) atoms. The van der Waals surface area contributed by atoms with Crippen LogP contribution in [0.1, 0.15) is 11.1 Å². The minimum Gasteiger partial charge on any atom is -0.260 e. The number of halogens is 2. The molecule has 4 aromatic rings. The zero-order valence-corrected chi connectivity index (χ0v) is 18.0. The SMILES string of the molecule is Cc1ccc(Cn2nc(-c3cccc(Br)c3)cc2-c2cccc(Br)c2)cc1. The molecular formula is C23H18Br2N2. The van der Waals surface area contributed by atoms with Gasteiger partial charge in [-0.2, -0.15) is 5.10 Å². The van der Waals surface area contributed by atoms with Gasteiger partial charge in [0.2, 0.25) is 0 Å². The second-order valence-electron chi connectivity index (χ2n) is 6.58. The quantitative estimate of drug-likeness (QED) is 0.304. The zero-order valence-electron chi connectivity index (χ0n) is 14.9. The van der Waals surface area contributed by atoms with Gasteiger partial charge in [0.05, 0.1) is 17.9 Å². The first-order valence-corrected chi connectivity index (χ1v) is 10.3. The number of aryl methyl sites for hydroxylation is 1. The number of hydrogen-bond acceptors (Lipinski definition) is 1. The molecule has 0 amide bonds. The third-order valence-corrected chi connectivity index (χ3v) is 5.46. The summed E-state index contributed by atoms with van der Waals surface area (Å²) in [4.78, 5) is 0. The van der Waals surface area contributed by atoms with Gasteiger partial charge in [-0.3, -0.25) is 4.68 Å². The highest BCUT2D eigenvalue weighted by atomic mass is 79.9. The Hall–Kier alpha value is -2.17. The van der Waals surface area contributed by atoms with E-state index in [-0.39, 0.29) is 0 Å². The Morgan fingerprint density at radius 2 is 1.41 bits per heavy atom. The van der Waals surface area contributed by atoms with Gasteiger partial charge in [-0.25, -0.2) is 0 Å². The Bertz CT molecular complexity index is 1080. The van der Waals surface area contributed by atoms with E-state index in [9.17, 15) is 0 Å². The van der Waals surface area contributed by atoms with Crippen LogP contribution in [0.5, 0.6) is 0 Å². The molecule has 0 aliphatic heterocycles. The maximum atomic E-state index is 4.93. The summed E-state index contributed by atoms with van der Waals surface area (Å²) in [5, 5.41) is 4.93. The zero-order chi connectivity index (χ0) is 18.8. The van der Waals surface area contributed by atoms with Crippen LogP contribution in [-0.2, 0) is 6.54 Å². The van der Waals surface area contributed by atoms with Crippen molar-refractivity contribution in [1.82, 2.24) is 9.78 Å². The molecule has 0 radical (unpaired) electrons. The molecule has 0 bridgehead atoms. The van der Waals surface area contributed by atoms with Gasteiger partial charge < -0.3 is 0 Å². The first kappa shape index (κ1) is 18.2. The predicted octanol–water partition coefficient (Wildman–Crippen LogP) is 7.10. The molecule has 0 atom stereocenters. The molecule has 0 aliphatic rings. The van der Waals surface area contributed by atoms with Gasteiger partial charge in [0.1, 0.15) is 0 Å². The lowest BCUT2D eigenvalue weighted by molar-refractivity contribution is 0.697. The minimum atomic E-state index is 0.732. The molecule has 0 aliphatic carbocycles. The Labute approximate surface area is 176 Å². The van der Waals surface area contributed by atoms with Crippen LogP contribution in [-0.4, -0.2) is 9.78 Å². The fraction of sp³-hybridized carbons (Fsp3) is 0.0870. The van der Waals surface area contributed by atoms with Crippen LogP contribution >= 0.6 is 31.9 Å². The molecule has 0 unspecified atom stereocenters. The van der Waals surface area contributed by atoms with Crippen molar-refractivity contribution in [3.8, 4) is 22.5 Å². The number of benzene rings is 3. The average Bonchev–Trinajstić information content (AvgIpc) is 3.07. The summed E-state index contributed by atoms with van der Waals surface area (Å²) in [6.45, 7) is 2.84. The van der Waals surface area contributed by atoms with Crippen LogP contribution < -0.4 is 0 Å². The van der Waals surface area contributed by atoms with Crippen molar-refractivity contribution >= 4 is 31.9 Å². The van der Waals surface area contributed by atoms with Crippen molar-refractivity contribution in [2.24, 2.45) is 0 Å². The van der Waals surface area contributed by atoms with Crippen molar-refractivity contribution in [1.29, 1.82) is 0 Å². The lowest BCUT2D eigenvalue weighted by atomic mass is 10.1. The Balaban J connectivity index is 1.80. The van der Waals surface area contributed by atoms with Gasteiger partial charge in [-0.1, -0.05) is 86.0 Å². The van der Waals surface area contributed by atoms with Crippen molar-refractivity contribution in [2.75, 3.05) is 0 Å².